The first-order chi connectivity index (χ1) is 18.8. The number of amides is 1. The minimum absolute atomic E-state index is 0.0852. The molecule has 5 heterocycles. The van der Waals surface area contributed by atoms with Crippen molar-refractivity contribution in [1.82, 2.24) is 19.9 Å². The number of carbonyl (C=O) groups excluding carboxylic acids is 1. The number of halogens is 2. The normalized spacial score (nSPS) is 25.2. The zero-order valence-corrected chi connectivity index (χ0v) is 23.7. The van der Waals surface area contributed by atoms with Crippen LogP contribution in [0.2, 0.25) is 0 Å². The minimum atomic E-state index is -2.87. The van der Waals surface area contributed by atoms with Crippen LogP contribution in [-0.2, 0) is 26.3 Å². The van der Waals surface area contributed by atoms with Crippen LogP contribution >= 0.6 is 0 Å². The second-order valence-electron chi connectivity index (χ2n) is 11.4. The number of pyridine rings is 1. The summed E-state index contributed by atoms with van der Waals surface area (Å²) < 4.78 is 39.0. The Morgan fingerprint density at radius 1 is 1.20 bits per heavy atom. The highest BCUT2D eigenvalue weighted by Crippen LogP contribution is 2.47. The molecule has 3 atom stereocenters. The molecule has 0 aromatic carbocycles. The van der Waals surface area contributed by atoms with Crippen molar-refractivity contribution in [2.45, 2.75) is 77.2 Å². The quantitative estimate of drug-likeness (QED) is 0.418. The third-order valence-corrected chi connectivity index (χ3v) is 7.61. The van der Waals surface area contributed by atoms with Crippen LogP contribution in [0.3, 0.4) is 0 Å². The molecule has 2 fully saturated rings. The Hall–Kier alpha value is -3.61. The minimum Gasteiger partial charge on any atom is -0.457 e. The van der Waals surface area contributed by atoms with E-state index in [0.717, 1.165) is 18.9 Å². The fraction of sp³-hybridized carbons (Fsp3) is 0.593. The monoisotopic (exact) mass is 558 g/mol. The van der Waals surface area contributed by atoms with Crippen molar-refractivity contribution in [3.8, 4) is 0 Å². The van der Waals surface area contributed by atoms with E-state index in [1.807, 2.05) is 39.8 Å². The van der Waals surface area contributed by atoms with E-state index in [4.69, 9.17) is 14.9 Å². The number of nitrogens with zero attached hydrogens (tertiary/aromatic N) is 6. The van der Waals surface area contributed by atoms with Crippen LogP contribution in [0, 0.1) is 5.41 Å². The molecule has 0 unspecified atom stereocenters. The number of rotatable bonds is 5. The number of morpholine rings is 1. The first kappa shape index (κ1) is 27.9. The maximum Gasteiger partial charge on any atom is 0.285 e. The number of anilines is 4. The number of aromatic nitrogens is 3. The lowest BCUT2D eigenvalue weighted by Crippen LogP contribution is -2.45. The smallest absolute Gasteiger partial charge is 0.285 e. The Kier molecular flexibility index (Phi) is 7.05. The molecule has 2 aromatic rings. The first-order valence-corrected chi connectivity index (χ1v) is 13.5. The van der Waals surface area contributed by atoms with Gasteiger partial charge in [0.2, 0.25) is 5.91 Å². The summed E-state index contributed by atoms with van der Waals surface area (Å²) >= 11 is 0. The molecule has 40 heavy (non-hydrogen) atoms. The van der Waals surface area contributed by atoms with Crippen LogP contribution < -0.4 is 15.1 Å². The molecule has 11 nitrogen and oxygen atoms in total. The summed E-state index contributed by atoms with van der Waals surface area (Å²) in [6, 6.07) is 2.85. The van der Waals surface area contributed by atoms with E-state index in [0.29, 0.717) is 22.9 Å². The van der Waals surface area contributed by atoms with Gasteiger partial charge in [-0.3, -0.25) is 15.1 Å². The molecule has 0 radical (unpaired) electrons. The summed E-state index contributed by atoms with van der Waals surface area (Å²) in [5.74, 6) is -1.20. The summed E-state index contributed by atoms with van der Waals surface area (Å²) in [5.41, 5.74) is 0.263. The second-order valence-corrected chi connectivity index (χ2v) is 11.4. The average molecular weight is 559 g/mol. The van der Waals surface area contributed by atoms with Crippen molar-refractivity contribution in [2.75, 3.05) is 41.8 Å². The van der Waals surface area contributed by atoms with Crippen LogP contribution in [0.15, 0.2) is 18.3 Å². The largest absolute Gasteiger partial charge is 0.457 e. The lowest BCUT2D eigenvalue weighted by molar-refractivity contribution is -0.121. The molecule has 3 aliphatic rings. The van der Waals surface area contributed by atoms with Gasteiger partial charge in [0.15, 0.2) is 12.4 Å². The predicted molar refractivity (Wildman–Crippen MR) is 146 cm³/mol. The van der Waals surface area contributed by atoms with Crippen LogP contribution in [0.5, 0.6) is 0 Å². The number of hydrogen-bond acceptors (Lipinski definition) is 9. The predicted octanol–water partition coefficient (Wildman–Crippen LogP) is 3.66. The highest BCUT2D eigenvalue weighted by molar-refractivity contribution is 6.12. The van der Waals surface area contributed by atoms with E-state index in [9.17, 15) is 13.6 Å². The Morgan fingerprint density at radius 2 is 1.90 bits per heavy atom. The maximum atomic E-state index is 13.8. The van der Waals surface area contributed by atoms with Gasteiger partial charge < -0.3 is 24.6 Å². The molecular weight excluding hydrogens is 522 g/mol. The highest BCUT2D eigenvalue weighted by Gasteiger charge is 2.49. The molecule has 0 saturated carbocycles. The maximum absolute atomic E-state index is 13.8. The van der Waals surface area contributed by atoms with Crippen molar-refractivity contribution in [3.05, 3.63) is 29.7 Å². The van der Waals surface area contributed by atoms with Gasteiger partial charge in [0.25, 0.3) is 11.9 Å². The molecule has 0 aliphatic carbocycles. The van der Waals surface area contributed by atoms with Crippen LogP contribution in [-0.4, -0.2) is 82.6 Å². The van der Waals surface area contributed by atoms with Crippen LogP contribution in [0.25, 0.3) is 0 Å². The van der Waals surface area contributed by atoms with Gasteiger partial charge in [0.1, 0.15) is 17.5 Å². The zero-order chi connectivity index (χ0) is 29.0. The number of hydrogen-bond donors (Lipinski definition) is 2. The highest BCUT2D eigenvalue weighted by atomic mass is 19.3. The Morgan fingerprint density at radius 3 is 2.48 bits per heavy atom. The molecule has 5 rings (SSSR count). The van der Waals surface area contributed by atoms with E-state index in [1.54, 1.807) is 20.2 Å². The van der Waals surface area contributed by atoms with E-state index in [2.05, 4.69) is 25.2 Å². The van der Waals surface area contributed by atoms with Gasteiger partial charge in [0, 0.05) is 32.6 Å². The van der Waals surface area contributed by atoms with Crippen LogP contribution in [0.4, 0.5) is 31.9 Å². The topological polar surface area (TPSA) is 120 Å². The Bertz CT molecular complexity index is 1300. The number of likely N-dealkylation sites (tertiary alicyclic amines) is 1. The number of carbonyl (C=O) groups is 1. The van der Waals surface area contributed by atoms with Crippen LogP contribution in [0.1, 0.15) is 52.4 Å². The van der Waals surface area contributed by atoms with E-state index >= 15 is 0 Å². The number of amidine groups is 1. The number of fused-ring (bicyclic) bond motifs is 1. The number of nitrogens with one attached hydrogen (secondary N) is 2. The molecule has 0 bridgehead atoms. The summed E-state index contributed by atoms with van der Waals surface area (Å²) in [6.07, 6.45) is 1.50. The molecule has 0 spiro atoms. The Balaban J connectivity index is 1.42. The zero-order valence-electron chi connectivity index (χ0n) is 23.7. The molecule has 216 valence electrons. The fourth-order valence-electron chi connectivity index (χ4n) is 5.76. The fourth-order valence-corrected chi connectivity index (χ4v) is 5.76. The van der Waals surface area contributed by atoms with Crippen molar-refractivity contribution in [1.29, 1.82) is 5.41 Å². The van der Waals surface area contributed by atoms with Gasteiger partial charge in [-0.25, -0.2) is 23.7 Å². The molecule has 1 amide bonds. The molecule has 13 heteroatoms. The second kappa shape index (κ2) is 10.1. The van der Waals surface area contributed by atoms with Gasteiger partial charge in [-0.1, -0.05) is 0 Å². The lowest BCUT2D eigenvalue weighted by atomic mass is 9.87. The Labute approximate surface area is 232 Å². The van der Waals surface area contributed by atoms with E-state index in [-0.39, 0.29) is 43.0 Å². The molecule has 2 aromatic heterocycles. The standard InChI is InChI=1S/C27H36F2N8O3/c1-15-9-27(28,29)14-36(15)25(30)39-13-19-33-22(31-6)21-23(34-19)37(24(38)26(21,4)5)18-7-8-20(32-10-18)35-11-16(2)40-17(3)12-35/h7-8,10,15-17,30H,9,11-14H2,1-6H3,(H,31,33,34)/t15-,16-,17+/m0/s1. The summed E-state index contributed by atoms with van der Waals surface area (Å²) in [6.45, 7) is 9.98. The van der Waals surface area contributed by atoms with E-state index < -0.39 is 23.9 Å². The SMILES string of the molecule is CNc1nc(COC(=N)N2CC(F)(F)C[C@@H]2C)nc2c1C(C)(C)C(=O)N2c1ccc(N2C[C@@H](C)O[C@@H](C)C2)nc1. The van der Waals surface area contributed by atoms with Crippen molar-refractivity contribution in [3.63, 3.8) is 0 Å². The molecule has 2 saturated heterocycles. The van der Waals surface area contributed by atoms with Gasteiger partial charge >= 0.3 is 0 Å². The number of alkyl halides is 2. The molecule has 2 N–H and O–H groups in total. The van der Waals surface area contributed by atoms with E-state index in [1.165, 1.54) is 9.80 Å². The van der Waals surface area contributed by atoms with Crippen molar-refractivity contribution < 1.29 is 23.0 Å². The van der Waals surface area contributed by atoms with Crippen molar-refractivity contribution >= 4 is 35.1 Å². The van der Waals surface area contributed by atoms with Gasteiger partial charge in [-0.05, 0) is 46.8 Å². The first-order valence-electron chi connectivity index (χ1n) is 13.5. The van der Waals surface area contributed by atoms with Gasteiger partial charge in [0.05, 0.1) is 41.6 Å². The van der Waals surface area contributed by atoms with Crippen molar-refractivity contribution in [2.24, 2.45) is 0 Å². The molecule has 3 aliphatic heterocycles. The summed E-state index contributed by atoms with van der Waals surface area (Å²) in [5, 5.41) is 11.3. The number of ether oxygens (including phenoxy) is 2. The summed E-state index contributed by atoms with van der Waals surface area (Å²) in [4.78, 5) is 32.5. The van der Waals surface area contributed by atoms with Gasteiger partial charge in [-0.2, -0.15) is 0 Å². The third kappa shape index (κ3) is 5.02. The lowest BCUT2D eigenvalue weighted by Gasteiger charge is -2.36. The summed E-state index contributed by atoms with van der Waals surface area (Å²) in [7, 11) is 1.70. The average Bonchev–Trinajstić information content (AvgIpc) is 3.28. The third-order valence-electron chi connectivity index (χ3n) is 7.61. The molecular formula is C27H36F2N8O3. The van der Waals surface area contributed by atoms with Gasteiger partial charge in [-0.15, -0.1) is 0 Å².